The molecule has 0 N–H and O–H groups in total. The van der Waals surface area contributed by atoms with E-state index in [-0.39, 0.29) is 5.56 Å². The molecule has 0 amide bonds. The molecule has 0 nitrogen and oxygen atoms in total. The Morgan fingerprint density at radius 3 is 2.29 bits per heavy atom. The van der Waals surface area contributed by atoms with E-state index in [1.807, 2.05) is 13.0 Å². The van der Waals surface area contributed by atoms with Crippen LogP contribution < -0.4 is 0 Å². The van der Waals surface area contributed by atoms with Gasteiger partial charge in [-0.1, -0.05) is 38.3 Å². The van der Waals surface area contributed by atoms with E-state index in [1.165, 1.54) is 0 Å². The number of benzene rings is 1. The van der Waals surface area contributed by atoms with Crippen molar-refractivity contribution < 1.29 is 13.2 Å². The smallest absolute Gasteiger partial charge is 0.132 e. The third-order valence-electron chi connectivity index (χ3n) is 3.82. The molecule has 3 heteroatoms. The Balaban J connectivity index is 2.50. The quantitative estimate of drug-likeness (QED) is 0.476. The molecule has 0 heterocycles. The average molecular weight is 298 g/mol. The molecular formula is C18H25F3. The molecule has 1 aromatic rings. The predicted octanol–water partition coefficient (Wildman–Crippen LogP) is 6.20. The van der Waals surface area contributed by atoms with Gasteiger partial charge in [0.25, 0.3) is 0 Å². The van der Waals surface area contributed by atoms with Gasteiger partial charge in [0.15, 0.2) is 0 Å². The molecular weight excluding hydrogens is 273 g/mol. The molecule has 0 aliphatic rings. The standard InChI is InChI=1S/C18H25F3/c1-3-5-6-9-14(8-4-2)10-7-11-16-17(20)12-15(19)13-18(16)21/h3,5,12-14H,4,6-11H2,1-2H3/b5-3-. The van der Waals surface area contributed by atoms with Gasteiger partial charge in [-0.25, -0.2) is 13.2 Å². The second-order valence-corrected chi connectivity index (χ2v) is 5.54. The number of allylic oxidation sites excluding steroid dienone is 2. The maximum Gasteiger partial charge on any atom is 0.132 e. The molecule has 0 saturated heterocycles. The number of hydrogen-bond donors (Lipinski definition) is 0. The van der Waals surface area contributed by atoms with Crippen molar-refractivity contribution in [2.45, 2.75) is 58.8 Å². The summed E-state index contributed by atoms with van der Waals surface area (Å²) in [5.74, 6) is -1.80. The lowest BCUT2D eigenvalue weighted by Gasteiger charge is -2.15. The topological polar surface area (TPSA) is 0 Å². The van der Waals surface area contributed by atoms with Crippen molar-refractivity contribution >= 4 is 0 Å². The predicted molar refractivity (Wildman–Crippen MR) is 81.7 cm³/mol. The van der Waals surface area contributed by atoms with E-state index >= 15 is 0 Å². The minimum absolute atomic E-state index is 0.0140. The first kappa shape index (κ1) is 17.8. The van der Waals surface area contributed by atoms with E-state index < -0.39 is 17.5 Å². The summed E-state index contributed by atoms with van der Waals surface area (Å²) in [5, 5.41) is 0. The molecule has 1 unspecified atom stereocenters. The van der Waals surface area contributed by atoms with Gasteiger partial charge in [-0.3, -0.25) is 0 Å². The van der Waals surface area contributed by atoms with Crippen LogP contribution in [-0.2, 0) is 6.42 Å². The van der Waals surface area contributed by atoms with Gasteiger partial charge in [0.2, 0.25) is 0 Å². The van der Waals surface area contributed by atoms with E-state index in [0.29, 0.717) is 12.3 Å². The molecule has 0 aliphatic carbocycles. The number of halogens is 3. The summed E-state index contributed by atoms with van der Waals surface area (Å²) < 4.78 is 39.9. The molecule has 1 aromatic carbocycles. The van der Waals surface area contributed by atoms with Crippen LogP contribution in [0.1, 0.15) is 57.9 Å². The van der Waals surface area contributed by atoms with Gasteiger partial charge in [-0.2, -0.15) is 0 Å². The molecule has 0 spiro atoms. The van der Waals surface area contributed by atoms with Crippen molar-refractivity contribution in [3.63, 3.8) is 0 Å². The Morgan fingerprint density at radius 1 is 1.05 bits per heavy atom. The lowest BCUT2D eigenvalue weighted by Crippen LogP contribution is -2.03. The Morgan fingerprint density at radius 2 is 1.71 bits per heavy atom. The van der Waals surface area contributed by atoms with Crippen molar-refractivity contribution in [3.8, 4) is 0 Å². The molecule has 0 aromatic heterocycles. The van der Waals surface area contributed by atoms with Crippen molar-refractivity contribution in [1.29, 1.82) is 0 Å². The Bertz CT molecular complexity index is 429. The summed E-state index contributed by atoms with van der Waals surface area (Å²) in [6, 6.07) is 1.52. The minimum Gasteiger partial charge on any atom is -0.207 e. The van der Waals surface area contributed by atoms with E-state index in [2.05, 4.69) is 13.0 Å². The first-order chi connectivity index (χ1) is 10.1. The third-order valence-corrected chi connectivity index (χ3v) is 3.82. The third kappa shape index (κ3) is 6.36. The van der Waals surface area contributed by atoms with E-state index in [9.17, 15) is 13.2 Å². The highest BCUT2D eigenvalue weighted by Gasteiger charge is 2.13. The number of rotatable bonds is 9. The van der Waals surface area contributed by atoms with Gasteiger partial charge in [0.05, 0.1) is 0 Å². The van der Waals surface area contributed by atoms with E-state index in [4.69, 9.17) is 0 Å². The van der Waals surface area contributed by atoms with Crippen molar-refractivity contribution in [1.82, 2.24) is 0 Å². The molecule has 0 bridgehead atoms. The molecule has 1 atom stereocenters. The molecule has 21 heavy (non-hydrogen) atoms. The van der Waals surface area contributed by atoms with Crippen LogP contribution in [0.2, 0.25) is 0 Å². The van der Waals surface area contributed by atoms with Crippen LogP contribution in [-0.4, -0.2) is 0 Å². The highest BCUT2D eigenvalue weighted by Crippen LogP contribution is 2.23. The van der Waals surface area contributed by atoms with Gasteiger partial charge in [-0.05, 0) is 38.5 Å². The first-order valence-corrected chi connectivity index (χ1v) is 7.83. The fraction of sp³-hybridized carbons (Fsp3) is 0.556. The maximum absolute atomic E-state index is 13.5. The van der Waals surface area contributed by atoms with Crippen LogP contribution in [0.15, 0.2) is 24.3 Å². The fourth-order valence-corrected chi connectivity index (χ4v) is 2.72. The second kappa shape index (κ2) is 9.64. The zero-order valence-electron chi connectivity index (χ0n) is 13.0. The van der Waals surface area contributed by atoms with Gasteiger partial charge < -0.3 is 0 Å². The molecule has 0 aliphatic heterocycles. The largest absolute Gasteiger partial charge is 0.207 e. The van der Waals surface area contributed by atoms with Gasteiger partial charge in [0, 0.05) is 17.7 Å². The first-order valence-electron chi connectivity index (χ1n) is 7.83. The highest BCUT2D eigenvalue weighted by atomic mass is 19.1. The van der Waals surface area contributed by atoms with Crippen LogP contribution in [0.25, 0.3) is 0 Å². The summed E-state index contributed by atoms with van der Waals surface area (Å²) in [6.45, 7) is 4.16. The van der Waals surface area contributed by atoms with E-state index in [0.717, 1.165) is 50.7 Å². The maximum atomic E-state index is 13.5. The molecule has 0 saturated carbocycles. The number of hydrogen-bond acceptors (Lipinski definition) is 0. The van der Waals surface area contributed by atoms with Gasteiger partial charge >= 0.3 is 0 Å². The Labute approximate surface area is 126 Å². The van der Waals surface area contributed by atoms with Crippen LogP contribution in [0.4, 0.5) is 13.2 Å². The van der Waals surface area contributed by atoms with Crippen molar-refractivity contribution in [2.24, 2.45) is 5.92 Å². The van der Waals surface area contributed by atoms with Crippen LogP contribution >= 0.6 is 0 Å². The van der Waals surface area contributed by atoms with Gasteiger partial charge in [-0.15, -0.1) is 0 Å². The molecule has 118 valence electrons. The van der Waals surface area contributed by atoms with E-state index in [1.54, 1.807) is 0 Å². The zero-order valence-corrected chi connectivity index (χ0v) is 13.0. The Kier molecular flexibility index (Phi) is 8.17. The van der Waals surface area contributed by atoms with Crippen molar-refractivity contribution in [2.75, 3.05) is 0 Å². The van der Waals surface area contributed by atoms with Crippen LogP contribution in [0.5, 0.6) is 0 Å². The van der Waals surface area contributed by atoms with Crippen LogP contribution in [0.3, 0.4) is 0 Å². The van der Waals surface area contributed by atoms with Crippen molar-refractivity contribution in [3.05, 3.63) is 47.3 Å². The summed E-state index contributed by atoms with van der Waals surface area (Å²) in [4.78, 5) is 0. The lowest BCUT2D eigenvalue weighted by atomic mass is 9.91. The van der Waals surface area contributed by atoms with Gasteiger partial charge in [0.1, 0.15) is 17.5 Å². The zero-order chi connectivity index (χ0) is 15.7. The normalized spacial score (nSPS) is 13.0. The monoisotopic (exact) mass is 298 g/mol. The summed E-state index contributed by atoms with van der Waals surface area (Å²) in [5.41, 5.74) is 0.0140. The Hall–Kier alpha value is -1.25. The summed E-state index contributed by atoms with van der Waals surface area (Å²) in [7, 11) is 0. The molecule has 1 rings (SSSR count). The molecule has 0 fully saturated rings. The average Bonchev–Trinajstić information content (AvgIpc) is 2.41. The molecule has 0 radical (unpaired) electrons. The summed E-state index contributed by atoms with van der Waals surface area (Å²) in [6.07, 6.45) is 10.7. The lowest BCUT2D eigenvalue weighted by molar-refractivity contribution is 0.403. The van der Waals surface area contributed by atoms with Crippen LogP contribution in [0, 0.1) is 23.4 Å². The SMILES string of the molecule is C/C=C\CCC(CCC)CCCc1c(F)cc(F)cc1F. The fourth-order valence-electron chi connectivity index (χ4n) is 2.72. The minimum atomic E-state index is -0.857. The summed E-state index contributed by atoms with van der Waals surface area (Å²) >= 11 is 0. The second-order valence-electron chi connectivity index (χ2n) is 5.54. The highest BCUT2D eigenvalue weighted by molar-refractivity contribution is 5.20.